The highest BCUT2D eigenvalue weighted by atomic mass is 16.1. The molecule has 1 fully saturated rings. The number of piperidine rings is 1. The molecular weight excluding hydrogens is 192 g/mol. The number of hydrogen-bond acceptors (Lipinski definition) is 5. The zero-order valence-corrected chi connectivity index (χ0v) is 8.65. The Hall–Kier alpha value is -1.36. The standard InChI is InChI=1S/C10H16N4O/c11-7-6-8(13-10(12)9(7)15)14-4-2-1-3-5-14/h6-7H,1-5,11H2,(H2,12,13). The predicted octanol–water partition coefficient (Wildman–Crippen LogP) is -0.419. The molecule has 2 aliphatic heterocycles. The number of nitrogens with two attached hydrogens (primary N) is 2. The van der Waals surface area contributed by atoms with Crippen molar-refractivity contribution in [2.45, 2.75) is 25.3 Å². The third-order valence-electron chi connectivity index (χ3n) is 2.80. The maximum atomic E-state index is 11.3. The minimum Gasteiger partial charge on any atom is -0.381 e. The quantitative estimate of drug-likeness (QED) is 0.613. The van der Waals surface area contributed by atoms with Crippen LogP contribution in [0.3, 0.4) is 0 Å². The van der Waals surface area contributed by atoms with Crippen molar-refractivity contribution in [3.05, 3.63) is 11.9 Å². The lowest BCUT2D eigenvalue weighted by atomic mass is 10.1. The number of ketones is 1. The molecule has 1 atom stereocenters. The third-order valence-corrected chi connectivity index (χ3v) is 2.80. The van der Waals surface area contributed by atoms with Crippen molar-refractivity contribution < 1.29 is 4.79 Å². The van der Waals surface area contributed by atoms with Crippen molar-refractivity contribution >= 4 is 11.6 Å². The second-order valence-electron chi connectivity index (χ2n) is 3.96. The Morgan fingerprint density at radius 2 is 2.00 bits per heavy atom. The van der Waals surface area contributed by atoms with Crippen LogP contribution in [-0.2, 0) is 4.79 Å². The van der Waals surface area contributed by atoms with Gasteiger partial charge in [0, 0.05) is 13.1 Å². The van der Waals surface area contributed by atoms with Crippen LogP contribution in [0.2, 0.25) is 0 Å². The van der Waals surface area contributed by atoms with Crippen LogP contribution in [0.4, 0.5) is 0 Å². The molecule has 0 amide bonds. The van der Waals surface area contributed by atoms with Crippen molar-refractivity contribution in [3.63, 3.8) is 0 Å². The molecule has 5 nitrogen and oxygen atoms in total. The average Bonchev–Trinajstić information content (AvgIpc) is 2.26. The van der Waals surface area contributed by atoms with E-state index in [1.807, 2.05) is 0 Å². The molecule has 4 N–H and O–H groups in total. The molecule has 0 radical (unpaired) electrons. The monoisotopic (exact) mass is 208 g/mol. The largest absolute Gasteiger partial charge is 0.381 e. The van der Waals surface area contributed by atoms with E-state index in [1.54, 1.807) is 6.08 Å². The first-order valence-corrected chi connectivity index (χ1v) is 5.29. The number of nitrogens with zero attached hydrogens (tertiary/aromatic N) is 2. The lowest BCUT2D eigenvalue weighted by molar-refractivity contribution is -0.113. The first-order valence-electron chi connectivity index (χ1n) is 5.29. The summed E-state index contributed by atoms with van der Waals surface area (Å²) in [5, 5.41) is 0. The van der Waals surface area contributed by atoms with E-state index >= 15 is 0 Å². The van der Waals surface area contributed by atoms with E-state index in [9.17, 15) is 4.79 Å². The van der Waals surface area contributed by atoms with Crippen LogP contribution in [0.15, 0.2) is 16.9 Å². The number of aliphatic imine (C=N–C) groups is 1. The lowest BCUT2D eigenvalue weighted by Gasteiger charge is -2.30. The van der Waals surface area contributed by atoms with E-state index < -0.39 is 6.04 Å². The molecule has 15 heavy (non-hydrogen) atoms. The van der Waals surface area contributed by atoms with Gasteiger partial charge < -0.3 is 16.4 Å². The van der Waals surface area contributed by atoms with Crippen LogP contribution in [0, 0.1) is 0 Å². The molecule has 0 spiro atoms. The fourth-order valence-electron chi connectivity index (χ4n) is 1.92. The number of Topliss-reactive ketones (excluding diaryl/α,β-unsaturated/α-hetero) is 1. The molecule has 1 unspecified atom stereocenters. The summed E-state index contributed by atoms with van der Waals surface area (Å²) in [6.07, 6.45) is 5.28. The topological polar surface area (TPSA) is 84.7 Å². The minimum absolute atomic E-state index is 0.0329. The summed E-state index contributed by atoms with van der Waals surface area (Å²) in [6, 6.07) is -0.626. The molecule has 2 aliphatic rings. The van der Waals surface area contributed by atoms with Gasteiger partial charge in [-0.25, -0.2) is 4.99 Å². The Balaban J connectivity index is 2.15. The summed E-state index contributed by atoms with van der Waals surface area (Å²) in [6.45, 7) is 1.95. The second-order valence-corrected chi connectivity index (χ2v) is 3.96. The fraction of sp³-hybridized carbons (Fsp3) is 0.600. The molecule has 0 aromatic carbocycles. The van der Waals surface area contributed by atoms with Gasteiger partial charge in [0.05, 0.1) is 6.04 Å². The summed E-state index contributed by atoms with van der Waals surface area (Å²) < 4.78 is 0. The van der Waals surface area contributed by atoms with E-state index in [4.69, 9.17) is 11.5 Å². The van der Waals surface area contributed by atoms with Gasteiger partial charge in [0.25, 0.3) is 0 Å². The van der Waals surface area contributed by atoms with E-state index in [2.05, 4.69) is 9.89 Å². The number of amidine groups is 1. The normalized spacial score (nSPS) is 27.4. The van der Waals surface area contributed by atoms with Gasteiger partial charge in [0.15, 0.2) is 5.84 Å². The van der Waals surface area contributed by atoms with Gasteiger partial charge in [-0.15, -0.1) is 0 Å². The first kappa shape index (κ1) is 10.2. The molecule has 5 heteroatoms. The zero-order valence-electron chi connectivity index (χ0n) is 8.65. The summed E-state index contributed by atoms with van der Waals surface area (Å²) in [5.74, 6) is 0.514. The summed E-state index contributed by atoms with van der Waals surface area (Å²) in [4.78, 5) is 17.5. The molecule has 0 aromatic heterocycles. The van der Waals surface area contributed by atoms with Crippen LogP contribution in [0.25, 0.3) is 0 Å². The van der Waals surface area contributed by atoms with Crippen LogP contribution in [0.5, 0.6) is 0 Å². The van der Waals surface area contributed by atoms with Gasteiger partial charge in [-0.2, -0.15) is 0 Å². The summed E-state index contributed by atoms with van der Waals surface area (Å²) >= 11 is 0. The van der Waals surface area contributed by atoms with Gasteiger partial charge in [0.2, 0.25) is 5.78 Å². The van der Waals surface area contributed by atoms with E-state index in [1.165, 1.54) is 6.42 Å². The van der Waals surface area contributed by atoms with Crippen molar-refractivity contribution in [1.82, 2.24) is 4.90 Å². The first-order chi connectivity index (χ1) is 7.18. The van der Waals surface area contributed by atoms with Gasteiger partial charge in [-0.05, 0) is 25.3 Å². The predicted molar refractivity (Wildman–Crippen MR) is 58.1 cm³/mol. The number of carbonyl (C=O) groups is 1. The third kappa shape index (κ3) is 2.02. The maximum absolute atomic E-state index is 11.3. The number of rotatable bonds is 1. The van der Waals surface area contributed by atoms with E-state index in [0.29, 0.717) is 0 Å². The fourth-order valence-corrected chi connectivity index (χ4v) is 1.92. The minimum atomic E-state index is -0.626. The Morgan fingerprint density at radius 3 is 2.60 bits per heavy atom. The molecule has 2 rings (SSSR count). The maximum Gasteiger partial charge on any atom is 0.218 e. The van der Waals surface area contributed by atoms with Gasteiger partial charge >= 0.3 is 0 Å². The van der Waals surface area contributed by atoms with Crippen molar-refractivity contribution in [2.24, 2.45) is 16.5 Å². The average molecular weight is 208 g/mol. The Bertz CT molecular complexity index is 328. The molecule has 0 aromatic rings. The summed E-state index contributed by atoms with van der Waals surface area (Å²) in [7, 11) is 0. The molecule has 0 aliphatic carbocycles. The number of carbonyl (C=O) groups excluding carboxylic acids is 1. The van der Waals surface area contributed by atoms with Crippen LogP contribution in [0.1, 0.15) is 19.3 Å². The molecular formula is C10H16N4O. The van der Waals surface area contributed by atoms with Crippen molar-refractivity contribution in [1.29, 1.82) is 0 Å². The second kappa shape index (κ2) is 4.02. The Morgan fingerprint density at radius 1 is 1.33 bits per heavy atom. The van der Waals surface area contributed by atoms with Crippen LogP contribution < -0.4 is 11.5 Å². The summed E-state index contributed by atoms with van der Waals surface area (Å²) in [5.41, 5.74) is 11.2. The molecule has 0 saturated carbocycles. The molecule has 2 heterocycles. The van der Waals surface area contributed by atoms with Gasteiger partial charge in [-0.1, -0.05) is 0 Å². The Kier molecular flexibility index (Phi) is 2.73. The van der Waals surface area contributed by atoms with Crippen molar-refractivity contribution in [3.8, 4) is 0 Å². The molecule has 82 valence electrons. The number of likely N-dealkylation sites (tertiary alicyclic amines) is 1. The van der Waals surface area contributed by atoms with E-state index in [0.717, 1.165) is 31.8 Å². The van der Waals surface area contributed by atoms with Crippen LogP contribution >= 0.6 is 0 Å². The highest BCUT2D eigenvalue weighted by Gasteiger charge is 2.24. The van der Waals surface area contributed by atoms with Gasteiger partial charge in [0.1, 0.15) is 5.82 Å². The van der Waals surface area contributed by atoms with Crippen LogP contribution in [-0.4, -0.2) is 35.7 Å². The molecule has 0 bridgehead atoms. The molecule has 1 saturated heterocycles. The zero-order chi connectivity index (χ0) is 10.8. The van der Waals surface area contributed by atoms with E-state index in [-0.39, 0.29) is 11.6 Å². The highest BCUT2D eigenvalue weighted by molar-refractivity contribution is 6.41. The SMILES string of the molecule is NC1=NC(N2CCCCC2)=CC(N)C1=O. The highest BCUT2D eigenvalue weighted by Crippen LogP contribution is 2.17. The van der Waals surface area contributed by atoms with Gasteiger partial charge in [-0.3, -0.25) is 4.79 Å². The smallest absolute Gasteiger partial charge is 0.218 e. The van der Waals surface area contributed by atoms with Crippen molar-refractivity contribution in [2.75, 3.05) is 13.1 Å². The lowest BCUT2D eigenvalue weighted by Crippen LogP contribution is -2.43. The number of hydrogen-bond donors (Lipinski definition) is 2. The Labute approximate surface area is 88.8 Å².